The summed E-state index contributed by atoms with van der Waals surface area (Å²) in [5.41, 5.74) is -0.749. The fourth-order valence-electron chi connectivity index (χ4n) is 1.03. The topological polar surface area (TPSA) is 68.5 Å². The molecule has 0 aliphatic carbocycles. The van der Waals surface area contributed by atoms with Crippen molar-refractivity contribution in [2.45, 2.75) is 26.4 Å². The van der Waals surface area contributed by atoms with Crippen molar-refractivity contribution in [3.63, 3.8) is 0 Å². The molecule has 0 fully saturated rings. The highest BCUT2D eigenvalue weighted by Crippen LogP contribution is 2.11. The summed E-state index contributed by atoms with van der Waals surface area (Å²) >= 11 is 0. The largest absolute Gasteiger partial charge is 0.477 e. The van der Waals surface area contributed by atoms with Gasteiger partial charge in [-0.3, -0.25) is 0 Å². The number of hydrogen-bond donors (Lipinski definition) is 1. The van der Waals surface area contributed by atoms with Gasteiger partial charge in [0.25, 0.3) is 0 Å². The number of ether oxygens (including phenoxy) is 1. The van der Waals surface area contributed by atoms with Crippen LogP contribution in [-0.2, 0) is 4.74 Å². The summed E-state index contributed by atoms with van der Waals surface area (Å²) in [5, 5.41) is 8.77. The molecule has 0 spiro atoms. The molecule has 15 heavy (non-hydrogen) atoms. The van der Waals surface area contributed by atoms with Crippen molar-refractivity contribution in [3.05, 3.63) is 24.0 Å². The molecule has 0 aromatic carbocycles. The Kier molecular flexibility index (Phi) is 2.83. The molecule has 5 nitrogen and oxygen atoms in total. The molecule has 0 unspecified atom stereocenters. The van der Waals surface area contributed by atoms with E-state index < -0.39 is 17.7 Å². The number of rotatable bonds is 1. The van der Waals surface area contributed by atoms with E-state index in [0.29, 0.717) is 0 Å². The molecule has 5 heteroatoms. The lowest BCUT2D eigenvalue weighted by Gasteiger charge is -2.19. The molecule has 1 aromatic heterocycles. The highest BCUT2D eigenvalue weighted by atomic mass is 16.6. The van der Waals surface area contributed by atoms with Crippen molar-refractivity contribution in [1.82, 2.24) is 4.57 Å². The molecule has 0 bridgehead atoms. The molecule has 82 valence electrons. The summed E-state index contributed by atoms with van der Waals surface area (Å²) in [7, 11) is 0. The van der Waals surface area contributed by atoms with Gasteiger partial charge >= 0.3 is 12.1 Å². The summed E-state index contributed by atoms with van der Waals surface area (Å²) in [4.78, 5) is 22.2. The van der Waals surface area contributed by atoms with E-state index in [-0.39, 0.29) is 5.69 Å². The lowest BCUT2D eigenvalue weighted by Crippen LogP contribution is -2.28. The van der Waals surface area contributed by atoms with E-state index in [1.165, 1.54) is 18.3 Å². The fourth-order valence-corrected chi connectivity index (χ4v) is 1.03. The maximum Gasteiger partial charge on any atom is 0.419 e. The van der Waals surface area contributed by atoms with Gasteiger partial charge in [0, 0.05) is 6.20 Å². The van der Waals surface area contributed by atoms with Crippen LogP contribution < -0.4 is 0 Å². The summed E-state index contributed by atoms with van der Waals surface area (Å²) in [6.07, 6.45) is 0.669. The molecule has 0 aliphatic heterocycles. The van der Waals surface area contributed by atoms with Gasteiger partial charge in [-0.15, -0.1) is 0 Å². The van der Waals surface area contributed by atoms with Crippen LogP contribution in [-0.4, -0.2) is 27.3 Å². The molecule has 0 saturated carbocycles. The van der Waals surface area contributed by atoms with E-state index in [1.54, 1.807) is 20.8 Å². The first kappa shape index (κ1) is 11.3. The number of carboxylic acids is 1. The lowest BCUT2D eigenvalue weighted by atomic mass is 10.2. The van der Waals surface area contributed by atoms with E-state index in [2.05, 4.69) is 0 Å². The Bertz CT molecular complexity index is 386. The van der Waals surface area contributed by atoms with Gasteiger partial charge in [-0.2, -0.15) is 0 Å². The number of nitrogens with zero attached hydrogens (tertiary/aromatic N) is 1. The van der Waals surface area contributed by atoms with Crippen molar-refractivity contribution < 1.29 is 19.4 Å². The number of aromatic carboxylic acids is 1. The van der Waals surface area contributed by atoms with E-state index in [9.17, 15) is 9.59 Å². The minimum Gasteiger partial charge on any atom is -0.477 e. The highest BCUT2D eigenvalue weighted by molar-refractivity contribution is 5.90. The minimum atomic E-state index is -1.16. The predicted octanol–water partition coefficient (Wildman–Crippen LogP) is 1.97. The van der Waals surface area contributed by atoms with Crippen LogP contribution in [0.1, 0.15) is 31.3 Å². The first-order chi connectivity index (χ1) is 6.81. The standard InChI is InChI=1S/C10H13NO4/c1-10(2,3)15-9(14)11-6-4-5-7(11)8(12)13/h4-6H,1-3H3,(H,12,13). The second kappa shape index (κ2) is 3.76. The molecule has 1 rings (SSSR count). The van der Waals surface area contributed by atoms with Crippen LogP contribution >= 0.6 is 0 Å². The second-order valence-corrected chi connectivity index (χ2v) is 4.05. The quantitative estimate of drug-likeness (QED) is 0.771. The van der Waals surface area contributed by atoms with E-state index in [0.717, 1.165) is 4.57 Å². The molecule has 0 atom stereocenters. The van der Waals surface area contributed by atoms with Gasteiger partial charge in [-0.25, -0.2) is 14.2 Å². The molecule has 0 radical (unpaired) electrons. The van der Waals surface area contributed by atoms with Gasteiger partial charge in [0.1, 0.15) is 11.3 Å². The molecule has 1 aromatic rings. The molecular weight excluding hydrogens is 198 g/mol. The monoisotopic (exact) mass is 211 g/mol. The molecule has 0 aliphatic rings. The van der Waals surface area contributed by atoms with Crippen molar-refractivity contribution in [3.8, 4) is 0 Å². The molecule has 0 amide bonds. The SMILES string of the molecule is CC(C)(C)OC(=O)n1cccc1C(=O)O. The Morgan fingerprint density at radius 2 is 2.00 bits per heavy atom. The van der Waals surface area contributed by atoms with Crippen LogP contribution in [0.2, 0.25) is 0 Å². The van der Waals surface area contributed by atoms with E-state index in [4.69, 9.17) is 9.84 Å². The van der Waals surface area contributed by atoms with E-state index in [1.807, 2.05) is 0 Å². The normalized spacial score (nSPS) is 11.1. The smallest absolute Gasteiger partial charge is 0.419 e. The number of aromatic nitrogens is 1. The van der Waals surface area contributed by atoms with Gasteiger partial charge in [0.2, 0.25) is 0 Å². The van der Waals surface area contributed by atoms with Crippen LogP contribution in [0.3, 0.4) is 0 Å². The zero-order valence-corrected chi connectivity index (χ0v) is 8.85. The van der Waals surface area contributed by atoms with Crippen molar-refractivity contribution in [1.29, 1.82) is 0 Å². The Hall–Kier alpha value is -1.78. The third-order valence-corrected chi connectivity index (χ3v) is 1.56. The zero-order chi connectivity index (χ0) is 11.6. The molecular formula is C10H13NO4. The van der Waals surface area contributed by atoms with Gasteiger partial charge in [-0.1, -0.05) is 0 Å². The highest BCUT2D eigenvalue weighted by Gasteiger charge is 2.21. The van der Waals surface area contributed by atoms with Crippen molar-refractivity contribution in [2.24, 2.45) is 0 Å². The first-order valence-corrected chi connectivity index (χ1v) is 4.45. The Morgan fingerprint density at radius 3 is 2.47 bits per heavy atom. The summed E-state index contributed by atoms with van der Waals surface area (Å²) in [6.45, 7) is 5.15. The number of carbonyl (C=O) groups is 2. The molecule has 1 N–H and O–H groups in total. The van der Waals surface area contributed by atoms with Crippen LogP contribution in [0, 0.1) is 0 Å². The van der Waals surface area contributed by atoms with Gasteiger partial charge < -0.3 is 9.84 Å². The predicted molar refractivity (Wildman–Crippen MR) is 53.0 cm³/mol. The summed E-state index contributed by atoms with van der Waals surface area (Å²) in [6, 6.07) is 2.82. The number of carbonyl (C=O) groups excluding carboxylic acids is 1. The van der Waals surface area contributed by atoms with Crippen LogP contribution in [0.25, 0.3) is 0 Å². The second-order valence-electron chi connectivity index (χ2n) is 4.05. The number of carboxylic acid groups (broad SMARTS) is 1. The minimum absolute atomic E-state index is 0.107. The summed E-state index contributed by atoms with van der Waals surface area (Å²) < 4.78 is 6.00. The van der Waals surface area contributed by atoms with Crippen molar-refractivity contribution >= 4 is 12.1 Å². The Morgan fingerprint density at radius 1 is 1.40 bits per heavy atom. The van der Waals surface area contributed by atoms with Gasteiger partial charge in [0.15, 0.2) is 0 Å². The van der Waals surface area contributed by atoms with Gasteiger partial charge in [-0.05, 0) is 32.9 Å². The molecule has 1 heterocycles. The number of hydrogen-bond acceptors (Lipinski definition) is 3. The van der Waals surface area contributed by atoms with Crippen LogP contribution in [0.5, 0.6) is 0 Å². The van der Waals surface area contributed by atoms with Crippen molar-refractivity contribution in [2.75, 3.05) is 0 Å². The average Bonchev–Trinajstić information content (AvgIpc) is 2.47. The maximum atomic E-state index is 11.5. The third-order valence-electron chi connectivity index (χ3n) is 1.56. The third kappa shape index (κ3) is 2.83. The fraction of sp³-hybridized carbons (Fsp3) is 0.400. The van der Waals surface area contributed by atoms with Crippen LogP contribution in [0.15, 0.2) is 18.3 Å². The average molecular weight is 211 g/mol. The molecule has 0 saturated heterocycles. The zero-order valence-electron chi connectivity index (χ0n) is 8.85. The van der Waals surface area contributed by atoms with Crippen LogP contribution in [0.4, 0.5) is 4.79 Å². The van der Waals surface area contributed by atoms with Gasteiger partial charge in [0.05, 0.1) is 0 Å². The Balaban J connectivity index is 2.92. The lowest BCUT2D eigenvalue weighted by molar-refractivity contribution is 0.0506. The maximum absolute atomic E-state index is 11.5. The Labute approximate surface area is 87.3 Å². The van der Waals surface area contributed by atoms with E-state index >= 15 is 0 Å². The summed E-state index contributed by atoms with van der Waals surface area (Å²) in [5.74, 6) is -1.16. The first-order valence-electron chi connectivity index (χ1n) is 4.45.